The van der Waals surface area contributed by atoms with E-state index < -0.39 is 0 Å². The van der Waals surface area contributed by atoms with E-state index in [1.165, 1.54) is 18.4 Å². The molecule has 7 heteroatoms. The first-order chi connectivity index (χ1) is 14.3. The van der Waals surface area contributed by atoms with E-state index in [0.717, 1.165) is 43.9 Å². The number of aromatic nitrogens is 2. The zero-order valence-corrected chi connectivity index (χ0v) is 16.6. The molecule has 3 N–H and O–H groups in total. The Morgan fingerprint density at radius 1 is 1.14 bits per heavy atom. The van der Waals surface area contributed by atoms with E-state index in [4.69, 9.17) is 0 Å². The van der Waals surface area contributed by atoms with Crippen molar-refractivity contribution in [3.05, 3.63) is 48.4 Å². The van der Waals surface area contributed by atoms with Crippen LogP contribution in [0.2, 0.25) is 0 Å². The summed E-state index contributed by atoms with van der Waals surface area (Å²) >= 11 is 0. The number of nitrogens with zero attached hydrogens (tertiary/aromatic N) is 3. The number of amides is 1. The lowest BCUT2D eigenvalue weighted by molar-refractivity contribution is -0.119. The quantitative estimate of drug-likeness (QED) is 0.741. The van der Waals surface area contributed by atoms with Crippen molar-refractivity contribution in [1.29, 1.82) is 0 Å². The van der Waals surface area contributed by atoms with Gasteiger partial charge in [0.05, 0.1) is 0 Å². The molecule has 0 aromatic carbocycles. The van der Waals surface area contributed by atoms with Crippen molar-refractivity contribution in [3.63, 3.8) is 0 Å². The first kappa shape index (κ1) is 18.5. The highest BCUT2D eigenvalue weighted by atomic mass is 16.2. The van der Waals surface area contributed by atoms with Crippen LogP contribution in [0.5, 0.6) is 0 Å². The number of fused-ring (bicyclic) bond motifs is 1. The summed E-state index contributed by atoms with van der Waals surface area (Å²) in [6.45, 7) is 2.08. The van der Waals surface area contributed by atoms with Gasteiger partial charge in [-0.1, -0.05) is 6.07 Å². The number of hydrazine groups is 1. The van der Waals surface area contributed by atoms with Gasteiger partial charge >= 0.3 is 0 Å². The predicted octanol–water partition coefficient (Wildman–Crippen LogP) is 2.44. The SMILES string of the molecule is O=C(Nc1ccnc(N2CCCC2)c1)C1NNC2CCC(c3cccnc3)CC21. The Kier molecular flexibility index (Phi) is 5.16. The smallest absolute Gasteiger partial charge is 0.243 e. The average molecular weight is 393 g/mol. The van der Waals surface area contributed by atoms with Crippen molar-refractivity contribution in [2.24, 2.45) is 5.92 Å². The van der Waals surface area contributed by atoms with Gasteiger partial charge in [-0.25, -0.2) is 10.4 Å². The fourth-order valence-corrected chi connectivity index (χ4v) is 5.07. The van der Waals surface area contributed by atoms with Crippen LogP contribution in [-0.2, 0) is 4.79 Å². The maximum atomic E-state index is 13.1. The molecule has 7 nitrogen and oxygen atoms in total. The second-order valence-electron chi connectivity index (χ2n) is 8.42. The van der Waals surface area contributed by atoms with Gasteiger partial charge < -0.3 is 10.2 Å². The highest BCUT2D eigenvalue weighted by Gasteiger charge is 2.43. The number of nitrogens with one attached hydrogen (secondary N) is 3. The van der Waals surface area contributed by atoms with E-state index in [1.807, 2.05) is 30.6 Å². The van der Waals surface area contributed by atoms with Gasteiger partial charge in [0, 0.05) is 55.4 Å². The third kappa shape index (κ3) is 3.84. The Bertz CT molecular complexity index is 853. The molecule has 3 fully saturated rings. The topological polar surface area (TPSA) is 82.2 Å². The van der Waals surface area contributed by atoms with E-state index in [-0.39, 0.29) is 17.9 Å². The zero-order valence-electron chi connectivity index (χ0n) is 16.6. The predicted molar refractivity (Wildman–Crippen MR) is 112 cm³/mol. The van der Waals surface area contributed by atoms with Gasteiger partial charge in [-0.15, -0.1) is 0 Å². The van der Waals surface area contributed by atoms with Crippen LogP contribution in [0.1, 0.15) is 43.6 Å². The summed E-state index contributed by atoms with van der Waals surface area (Å²) < 4.78 is 0. The molecule has 1 saturated carbocycles. The van der Waals surface area contributed by atoms with E-state index >= 15 is 0 Å². The summed E-state index contributed by atoms with van der Waals surface area (Å²) in [6.07, 6.45) is 11.2. The van der Waals surface area contributed by atoms with Gasteiger partial charge in [-0.05, 0) is 55.7 Å². The summed E-state index contributed by atoms with van der Waals surface area (Å²) in [5.41, 5.74) is 8.71. The fraction of sp³-hybridized carbons (Fsp3) is 0.500. The molecule has 2 aliphatic heterocycles. The molecule has 4 unspecified atom stereocenters. The monoisotopic (exact) mass is 392 g/mol. The average Bonchev–Trinajstić information content (AvgIpc) is 3.44. The first-order valence-corrected chi connectivity index (χ1v) is 10.7. The lowest BCUT2D eigenvalue weighted by atomic mass is 9.73. The minimum atomic E-state index is -0.233. The minimum Gasteiger partial charge on any atom is -0.357 e. The number of carbonyl (C=O) groups excluding carboxylic acids is 1. The minimum absolute atomic E-state index is 0.0235. The van der Waals surface area contributed by atoms with Gasteiger partial charge in [-0.2, -0.15) is 0 Å². The summed E-state index contributed by atoms with van der Waals surface area (Å²) in [5.74, 6) is 1.71. The Balaban J connectivity index is 1.27. The number of anilines is 2. The lowest BCUT2D eigenvalue weighted by Gasteiger charge is -2.32. The van der Waals surface area contributed by atoms with Gasteiger partial charge in [0.15, 0.2) is 0 Å². The largest absolute Gasteiger partial charge is 0.357 e. The van der Waals surface area contributed by atoms with Crippen LogP contribution in [-0.4, -0.2) is 41.0 Å². The number of carbonyl (C=O) groups is 1. The van der Waals surface area contributed by atoms with Crippen molar-refractivity contribution in [2.75, 3.05) is 23.3 Å². The van der Waals surface area contributed by atoms with Gasteiger partial charge in [0.2, 0.25) is 5.91 Å². The molecule has 2 saturated heterocycles. The number of pyridine rings is 2. The second-order valence-corrected chi connectivity index (χ2v) is 8.42. The molecule has 3 aliphatic rings. The maximum Gasteiger partial charge on any atom is 0.243 e. The lowest BCUT2D eigenvalue weighted by Crippen LogP contribution is -2.42. The van der Waals surface area contributed by atoms with Crippen LogP contribution in [0.4, 0.5) is 11.5 Å². The summed E-state index contributed by atoms with van der Waals surface area (Å²) in [6, 6.07) is 8.12. The molecule has 1 amide bonds. The molecule has 2 aromatic heterocycles. The van der Waals surface area contributed by atoms with E-state index in [0.29, 0.717) is 12.0 Å². The standard InChI is InChI=1S/C22H28N6O/c29-22(25-17-7-9-24-20(13-17)28-10-1-2-11-28)21-18-12-15(5-6-19(18)26-27-21)16-4-3-8-23-14-16/h3-4,7-9,13-15,18-19,21,26-27H,1-2,5-6,10-12H2,(H,24,25,29). The van der Waals surface area contributed by atoms with Gasteiger partial charge in [0.1, 0.15) is 11.9 Å². The van der Waals surface area contributed by atoms with E-state index in [1.54, 1.807) is 6.20 Å². The van der Waals surface area contributed by atoms with Crippen molar-refractivity contribution >= 4 is 17.4 Å². The molecule has 4 heterocycles. The molecule has 0 radical (unpaired) electrons. The Morgan fingerprint density at radius 3 is 2.86 bits per heavy atom. The Labute approximate surface area is 171 Å². The van der Waals surface area contributed by atoms with Crippen molar-refractivity contribution in [2.45, 2.75) is 50.1 Å². The Morgan fingerprint density at radius 2 is 2.03 bits per heavy atom. The third-order valence-electron chi connectivity index (χ3n) is 6.63. The molecule has 0 spiro atoms. The number of hydrogen-bond acceptors (Lipinski definition) is 6. The van der Waals surface area contributed by atoms with Crippen LogP contribution in [0.15, 0.2) is 42.9 Å². The number of hydrogen-bond donors (Lipinski definition) is 3. The van der Waals surface area contributed by atoms with Crippen molar-refractivity contribution < 1.29 is 4.79 Å². The molecule has 0 bridgehead atoms. The second kappa shape index (κ2) is 8.08. The molecular formula is C22H28N6O. The fourth-order valence-electron chi connectivity index (χ4n) is 5.07. The van der Waals surface area contributed by atoms with Crippen LogP contribution in [0, 0.1) is 5.92 Å². The molecule has 29 heavy (non-hydrogen) atoms. The van der Waals surface area contributed by atoms with Gasteiger partial charge in [0.25, 0.3) is 0 Å². The van der Waals surface area contributed by atoms with Crippen molar-refractivity contribution in [1.82, 2.24) is 20.8 Å². The summed E-state index contributed by atoms with van der Waals surface area (Å²) in [5, 5.41) is 3.11. The molecule has 152 valence electrons. The third-order valence-corrected chi connectivity index (χ3v) is 6.63. The summed E-state index contributed by atoms with van der Waals surface area (Å²) in [7, 11) is 0. The molecule has 1 aliphatic carbocycles. The number of rotatable bonds is 4. The highest BCUT2D eigenvalue weighted by molar-refractivity contribution is 5.95. The van der Waals surface area contributed by atoms with Crippen molar-refractivity contribution in [3.8, 4) is 0 Å². The molecule has 5 rings (SSSR count). The Hall–Kier alpha value is -2.51. The molecule has 4 atom stereocenters. The van der Waals surface area contributed by atoms with E-state index in [2.05, 4.69) is 37.1 Å². The normalized spacial score (nSPS) is 28.9. The van der Waals surface area contributed by atoms with Crippen LogP contribution in [0.25, 0.3) is 0 Å². The van der Waals surface area contributed by atoms with Gasteiger partial charge in [-0.3, -0.25) is 15.2 Å². The molecular weight excluding hydrogens is 364 g/mol. The summed E-state index contributed by atoms with van der Waals surface area (Å²) in [4.78, 5) is 24.1. The highest BCUT2D eigenvalue weighted by Crippen LogP contribution is 2.39. The zero-order chi connectivity index (χ0) is 19.6. The van der Waals surface area contributed by atoms with Crippen LogP contribution in [0.3, 0.4) is 0 Å². The molecule has 2 aromatic rings. The maximum absolute atomic E-state index is 13.1. The van der Waals surface area contributed by atoms with Crippen LogP contribution < -0.4 is 21.1 Å². The first-order valence-electron chi connectivity index (χ1n) is 10.7. The van der Waals surface area contributed by atoms with Crippen LogP contribution >= 0.6 is 0 Å². The van der Waals surface area contributed by atoms with E-state index in [9.17, 15) is 4.79 Å².